The Morgan fingerprint density at radius 3 is 2.78 bits per heavy atom. The number of rotatable bonds is 6. The van der Waals surface area contributed by atoms with Gasteiger partial charge < -0.3 is 9.32 Å². The van der Waals surface area contributed by atoms with Crippen LogP contribution in [0, 0.1) is 0 Å². The number of aryl methyl sites for hydroxylation is 1. The summed E-state index contributed by atoms with van der Waals surface area (Å²) in [7, 11) is -2.26. The minimum atomic E-state index is -3.81. The van der Waals surface area contributed by atoms with Crippen LogP contribution in [-0.2, 0) is 21.9 Å². The van der Waals surface area contributed by atoms with E-state index in [0.717, 1.165) is 13.1 Å². The summed E-state index contributed by atoms with van der Waals surface area (Å²) in [6.07, 6.45) is 2.35. The van der Waals surface area contributed by atoms with Crippen molar-refractivity contribution < 1.29 is 17.7 Å². The van der Waals surface area contributed by atoms with E-state index in [-0.39, 0.29) is 17.1 Å². The molecule has 23 heavy (non-hydrogen) atoms. The number of hydrogen-bond acceptors (Lipinski definition) is 6. The predicted octanol–water partition coefficient (Wildman–Crippen LogP) is 0.437. The van der Waals surface area contributed by atoms with Gasteiger partial charge in [-0.25, -0.2) is 13.2 Å². The molecule has 1 aromatic carbocycles. The lowest BCUT2D eigenvalue weighted by Gasteiger charge is -2.14. The molecule has 1 N–H and O–H groups in total. The van der Waals surface area contributed by atoms with Gasteiger partial charge in [-0.2, -0.15) is 0 Å². The Kier molecular flexibility index (Phi) is 4.53. The summed E-state index contributed by atoms with van der Waals surface area (Å²) in [5.41, 5.74) is 0.751. The monoisotopic (exact) mass is 341 g/mol. The third kappa shape index (κ3) is 3.47. The standard InChI is InChI=1S/C14H19N3O5S/c1-16-12-5-4-11(10-13(12)22-14(16)18)23(19,20)15-21-9-8-17-6-2-3-7-17/h4-5,10,15H,2-3,6-9H2,1H3. The molecule has 1 saturated heterocycles. The Bertz CT molecular complexity index is 849. The van der Waals surface area contributed by atoms with Crippen molar-refractivity contribution >= 4 is 21.1 Å². The fourth-order valence-corrected chi connectivity index (χ4v) is 3.47. The van der Waals surface area contributed by atoms with Gasteiger partial charge in [0.15, 0.2) is 5.58 Å². The summed E-state index contributed by atoms with van der Waals surface area (Å²) >= 11 is 0. The minimum Gasteiger partial charge on any atom is -0.408 e. The molecule has 0 atom stereocenters. The van der Waals surface area contributed by atoms with Crippen LogP contribution in [0.4, 0.5) is 0 Å². The van der Waals surface area contributed by atoms with Crippen molar-refractivity contribution in [2.75, 3.05) is 26.2 Å². The Morgan fingerprint density at radius 2 is 2.04 bits per heavy atom. The van der Waals surface area contributed by atoms with Crippen LogP contribution in [0.2, 0.25) is 0 Å². The van der Waals surface area contributed by atoms with Crippen LogP contribution in [0.1, 0.15) is 12.8 Å². The normalized spacial score (nSPS) is 16.4. The molecule has 2 heterocycles. The first-order valence-electron chi connectivity index (χ1n) is 7.43. The quantitative estimate of drug-likeness (QED) is 0.605. The number of sulfonamides is 1. The average molecular weight is 341 g/mol. The highest BCUT2D eigenvalue weighted by Gasteiger charge is 2.17. The highest BCUT2D eigenvalue weighted by atomic mass is 32.2. The number of fused-ring (bicyclic) bond motifs is 1. The molecule has 9 heteroatoms. The van der Waals surface area contributed by atoms with Crippen LogP contribution >= 0.6 is 0 Å². The van der Waals surface area contributed by atoms with Gasteiger partial charge in [0.25, 0.3) is 10.0 Å². The van der Waals surface area contributed by atoms with E-state index in [9.17, 15) is 13.2 Å². The first kappa shape index (κ1) is 16.2. The fourth-order valence-electron chi connectivity index (χ4n) is 2.63. The number of aromatic nitrogens is 1. The van der Waals surface area contributed by atoms with E-state index >= 15 is 0 Å². The van der Waals surface area contributed by atoms with E-state index in [2.05, 4.69) is 9.79 Å². The summed E-state index contributed by atoms with van der Waals surface area (Å²) in [6, 6.07) is 4.24. The van der Waals surface area contributed by atoms with Crippen LogP contribution in [0.3, 0.4) is 0 Å². The van der Waals surface area contributed by atoms with Crippen molar-refractivity contribution in [1.29, 1.82) is 0 Å². The highest BCUT2D eigenvalue weighted by Crippen LogP contribution is 2.17. The SMILES string of the molecule is Cn1c(=O)oc2cc(S(=O)(=O)NOCCN3CCCC3)ccc21. The molecule has 0 aliphatic carbocycles. The number of likely N-dealkylation sites (tertiary alicyclic amines) is 1. The molecular weight excluding hydrogens is 322 g/mol. The number of nitrogens with zero attached hydrogens (tertiary/aromatic N) is 2. The topological polar surface area (TPSA) is 93.8 Å². The number of hydrogen-bond donors (Lipinski definition) is 1. The predicted molar refractivity (Wildman–Crippen MR) is 83.4 cm³/mol. The Hall–Kier alpha value is -1.68. The molecule has 1 aliphatic heterocycles. The fraction of sp³-hybridized carbons (Fsp3) is 0.500. The van der Waals surface area contributed by atoms with Crippen molar-refractivity contribution in [2.45, 2.75) is 17.7 Å². The largest absolute Gasteiger partial charge is 0.419 e. The van der Waals surface area contributed by atoms with Gasteiger partial charge in [-0.3, -0.25) is 9.40 Å². The highest BCUT2D eigenvalue weighted by molar-refractivity contribution is 7.89. The van der Waals surface area contributed by atoms with Gasteiger partial charge >= 0.3 is 5.76 Å². The summed E-state index contributed by atoms with van der Waals surface area (Å²) in [6.45, 7) is 3.02. The minimum absolute atomic E-state index is 0.0134. The van der Waals surface area contributed by atoms with Gasteiger partial charge in [-0.05, 0) is 38.1 Å². The molecule has 0 unspecified atom stereocenters. The Labute approximate surface area is 133 Å². The molecule has 8 nitrogen and oxygen atoms in total. The second-order valence-electron chi connectivity index (χ2n) is 5.54. The van der Waals surface area contributed by atoms with Crippen molar-refractivity contribution in [3.63, 3.8) is 0 Å². The van der Waals surface area contributed by atoms with Crippen LogP contribution in [0.5, 0.6) is 0 Å². The van der Waals surface area contributed by atoms with Gasteiger partial charge in [-0.1, -0.05) is 4.89 Å². The molecule has 0 saturated carbocycles. The first-order valence-corrected chi connectivity index (χ1v) is 8.91. The maximum absolute atomic E-state index is 12.2. The van der Waals surface area contributed by atoms with E-state index in [4.69, 9.17) is 9.25 Å². The zero-order chi connectivity index (χ0) is 16.4. The molecule has 3 rings (SSSR count). The van der Waals surface area contributed by atoms with E-state index in [1.807, 2.05) is 0 Å². The molecule has 1 aliphatic rings. The van der Waals surface area contributed by atoms with Crippen LogP contribution in [-0.4, -0.2) is 44.1 Å². The average Bonchev–Trinajstić information content (AvgIpc) is 3.13. The third-order valence-corrected chi connectivity index (χ3v) is 5.16. The van der Waals surface area contributed by atoms with Crippen LogP contribution in [0.25, 0.3) is 11.1 Å². The smallest absolute Gasteiger partial charge is 0.408 e. The maximum atomic E-state index is 12.2. The number of oxazole rings is 1. The molecule has 126 valence electrons. The van der Waals surface area contributed by atoms with Gasteiger partial charge in [0.1, 0.15) is 0 Å². The van der Waals surface area contributed by atoms with Gasteiger partial charge in [0.2, 0.25) is 0 Å². The summed E-state index contributed by atoms with van der Waals surface area (Å²) in [4.78, 5) is 20.8. The molecule has 0 amide bonds. The summed E-state index contributed by atoms with van der Waals surface area (Å²) in [5.74, 6) is -0.538. The zero-order valence-electron chi connectivity index (χ0n) is 12.8. The Morgan fingerprint density at radius 1 is 1.30 bits per heavy atom. The van der Waals surface area contributed by atoms with Gasteiger partial charge in [0, 0.05) is 19.7 Å². The molecule has 1 fully saturated rings. The lowest BCUT2D eigenvalue weighted by atomic mass is 10.3. The lowest BCUT2D eigenvalue weighted by molar-refractivity contribution is 0.0756. The van der Waals surface area contributed by atoms with E-state index in [0.29, 0.717) is 12.1 Å². The molecule has 0 spiro atoms. The van der Waals surface area contributed by atoms with E-state index in [1.165, 1.54) is 35.6 Å². The van der Waals surface area contributed by atoms with Crippen LogP contribution < -0.4 is 10.6 Å². The molecule has 0 bridgehead atoms. The van der Waals surface area contributed by atoms with Crippen molar-refractivity contribution in [3.05, 3.63) is 28.7 Å². The summed E-state index contributed by atoms with van der Waals surface area (Å²) in [5, 5.41) is 0. The van der Waals surface area contributed by atoms with Gasteiger partial charge in [0.05, 0.1) is 17.0 Å². The van der Waals surface area contributed by atoms with Crippen molar-refractivity contribution in [3.8, 4) is 0 Å². The first-order chi connectivity index (χ1) is 11.0. The second kappa shape index (κ2) is 6.44. The Balaban J connectivity index is 1.65. The van der Waals surface area contributed by atoms with E-state index < -0.39 is 15.8 Å². The molecule has 1 aromatic heterocycles. The maximum Gasteiger partial charge on any atom is 0.419 e. The van der Waals surface area contributed by atoms with Crippen molar-refractivity contribution in [1.82, 2.24) is 14.4 Å². The van der Waals surface area contributed by atoms with Gasteiger partial charge in [-0.15, -0.1) is 0 Å². The van der Waals surface area contributed by atoms with Crippen LogP contribution in [0.15, 0.2) is 32.3 Å². The second-order valence-corrected chi connectivity index (χ2v) is 7.19. The van der Waals surface area contributed by atoms with Crippen molar-refractivity contribution in [2.24, 2.45) is 7.05 Å². The lowest BCUT2D eigenvalue weighted by Crippen LogP contribution is -2.30. The zero-order valence-corrected chi connectivity index (χ0v) is 13.6. The number of benzene rings is 1. The molecular formula is C14H19N3O5S. The van der Waals surface area contributed by atoms with E-state index in [1.54, 1.807) is 7.05 Å². The molecule has 2 aromatic rings. The summed E-state index contributed by atoms with van der Waals surface area (Å²) < 4.78 is 30.7. The number of nitrogens with one attached hydrogen (secondary N) is 1. The molecule has 0 radical (unpaired) electrons. The third-order valence-electron chi connectivity index (χ3n) is 3.95.